The predicted octanol–water partition coefficient (Wildman–Crippen LogP) is 6.34. The lowest BCUT2D eigenvalue weighted by atomic mass is 10.1. The molecule has 0 aliphatic rings. The molecule has 1 N–H and O–H groups in total. The van der Waals surface area contributed by atoms with Crippen LogP contribution in [0.5, 0.6) is 11.5 Å². The third-order valence-electron chi connectivity index (χ3n) is 5.34. The van der Waals surface area contributed by atoms with Gasteiger partial charge < -0.3 is 14.0 Å². The van der Waals surface area contributed by atoms with E-state index in [1.165, 1.54) is 0 Å². The van der Waals surface area contributed by atoms with Crippen LogP contribution in [-0.2, 0) is 0 Å². The molecule has 0 aliphatic heterocycles. The molecule has 0 bridgehead atoms. The number of hydrogen-bond acceptors (Lipinski definition) is 8. The number of nitrogens with one attached hydrogen (secondary N) is 1. The highest BCUT2D eigenvalue weighted by Crippen LogP contribution is 2.46. The third-order valence-corrected chi connectivity index (χ3v) is 6.15. The number of thiazole rings is 1. The summed E-state index contributed by atoms with van der Waals surface area (Å²) in [5, 5.41) is 8.18. The van der Waals surface area contributed by atoms with Gasteiger partial charge in [0, 0.05) is 11.1 Å². The maximum absolute atomic E-state index is 14.1. The van der Waals surface area contributed by atoms with Crippen LogP contribution in [0.3, 0.4) is 0 Å². The van der Waals surface area contributed by atoms with Gasteiger partial charge in [-0.15, -0.1) is 16.8 Å². The van der Waals surface area contributed by atoms with Gasteiger partial charge in [0.05, 0.1) is 23.9 Å². The van der Waals surface area contributed by atoms with Crippen LogP contribution in [0.15, 0.2) is 96.1 Å². The SMILES string of the molecule is C=CCCOc1c(-c2nnc(-c3ccccc3)o2)ccc(ONC(=O)c2ccccc2)c1-c1ncc(F)s1. The van der Waals surface area contributed by atoms with E-state index in [2.05, 4.69) is 27.2 Å². The predicted molar refractivity (Wildman–Crippen MR) is 141 cm³/mol. The molecule has 2 heterocycles. The van der Waals surface area contributed by atoms with Crippen molar-refractivity contribution >= 4 is 17.2 Å². The highest BCUT2D eigenvalue weighted by molar-refractivity contribution is 7.13. The smallest absolute Gasteiger partial charge is 0.283 e. The van der Waals surface area contributed by atoms with Crippen molar-refractivity contribution in [3.8, 4) is 45.0 Å². The van der Waals surface area contributed by atoms with Gasteiger partial charge >= 0.3 is 0 Å². The van der Waals surface area contributed by atoms with Crippen molar-refractivity contribution in [1.29, 1.82) is 0 Å². The monoisotopic (exact) mass is 528 g/mol. The fraction of sp³-hybridized carbons (Fsp3) is 0.0714. The second-order valence-corrected chi connectivity index (χ2v) is 8.87. The molecule has 3 aromatic carbocycles. The summed E-state index contributed by atoms with van der Waals surface area (Å²) >= 11 is 0.808. The normalized spacial score (nSPS) is 10.7. The zero-order valence-electron chi connectivity index (χ0n) is 20.0. The summed E-state index contributed by atoms with van der Waals surface area (Å²) in [6.45, 7) is 4.00. The van der Waals surface area contributed by atoms with Crippen LogP contribution in [0.25, 0.3) is 33.5 Å². The number of aromatic nitrogens is 3. The Balaban J connectivity index is 1.57. The minimum atomic E-state index is -0.495. The largest absolute Gasteiger partial charge is 0.492 e. The molecule has 0 fully saturated rings. The average Bonchev–Trinajstić information content (AvgIpc) is 3.62. The first kappa shape index (κ1) is 24.8. The second-order valence-electron chi connectivity index (χ2n) is 7.89. The first-order chi connectivity index (χ1) is 18.6. The van der Waals surface area contributed by atoms with E-state index in [4.69, 9.17) is 14.0 Å². The number of hydrogen-bond donors (Lipinski definition) is 1. The zero-order chi connectivity index (χ0) is 26.3. The molecule has 0 atom stereocenters. The molecule has 2 aromatic heterocycles. The van der Waals surface area contributed by atoms with E-state index < -0.39 is 11.0 Å². The molecule has 1 amide bonds. The van der Waals surface area contributed by atoms with Crippen LogP contribution in [-0.4, -0.2) is 27.7 Å². The fourth-order valence-corrected chi connectivity index (χ4v) is 4.25. The molecule has 5 aromatic rings. The van der Waals surface area contributed by atoms with Gasteiger partial charge in [0.1, 0.15) is 10.8 Å². The van der Waals surface area contributed by atoms with Crippen molar-refractivity contribution in [3.63, 3.8) is 0 Å². The summed E-state index contributed by atoms with van der Waals surface area (Å²) in [6, 6.07) is 21.2. The highest BCUT2D eigenvalue weighted by Gasteiger charge is 2.25. The molecule has 10 heteroatoms. The van der Waals surface area contributed by atoms with Gasteiger partial charge in [0.25, 0.3) is 11.8 Å². The number of hydroxylamine groups is 1. The zero-order valence-corrected chi connectivity index (χ0v) is 20.8. The maximum Gasteiger partial charge on any atom is 0.283 e. The number of benzene rings is 3. The Bertz CT molecular complexity index is 1550. The van der Waals surface area contributed by atoms with E-state index in [-0.39, 0.29) is 29.0 Å². The van der Waals surface area contributed by atoms with Gasteiger partial charge in [-0.25, -0.2) is 4.98 Å². The van der Waals surface area contributed by atoms with E-state index in [0.717, 1.165) is 23.1 Å². The number of nitrogens with zero attached hydrogens (tertiary/aromatic N) is 3. The first-order valence-corrected chi connectivity index (χ1v) is 12.4. The van der Waals surface area contributed by atoms with Crippen molar-refractivity contribution in [2.75, 3.05) is 6.61 Å². The molecular weight excluding hydrogens is 507 g/mol. The lowest BCUT2D eigenvalue weighted by Crippen LogP contribution is -2.27. The topological polar surface area (TPSA) is 99.4 Å². The number of carbonyl (C=O) groups is 1. The molecule has 0 radical (unpaired) electrons. The second kappa shape index (κ2) is 11.5. The van der Waals surface area contributed by atoms with Crippen LogP contribution in [0.1, 0.15) is 16.8 Å². The molecular formula is C28H21FN4O4S. The number of ether oxygens (including phenoxy) is 1. The molecule has 5 rings (SSSR count). The third kappa shape index (κ3) is 5.45. The van der Waals surface area contributed by atoms with Crippen molar-refractivity contribution in [2.24, 2.45) is 0 Å². The summed E-state index contributed by atoms with van der Waals surface area (Å²) in [6.07, 6.45) is 3.36. The molecule has 0 saturated heterocycles. The summed E-state index contributed by atoms with van der Waals surface area (Å²) in [5.41, 5.74) is 4.38. The fourth-order valence-electron chi connectivity index (χ4n) is 3.56. The molecule has 0 aliphatic carbocycles. The Morgan fingerprint density at radius 1 is 1.03 bits per heavy atom. The number of carbonyl (C=O) groups excluding carboxylic acids is 1. The van der Waals surface area contributed by atoms with Gasteiger partial charge in [-0.2, -0.15) is 9.87 Å². The van der Waals surface area contributed by atoms with Gasteiger partial charge in [0.15, 0.2) is 10.9 Å². The summed E-state index contributed by atoms with van der Waals surface area (Å²) in [5.74, 6) is 0.551. The molecule has 0 unspecified atom stereocenters. The lowest BCUT2D eigenvalue weighted by Gasteiger charge is -2.17. The van der Waals surface area contributed by atoms with Crippen molar-refractivity contribution in [2.45, 2.75) is 6.42 Å². The average molecular weight is 529 g/mol. The number of rotatable bonds is 10. The van der Waals surface area contributed by atoms with Crippen LogP contribution in [0, 0.1) is 5.13 Å². The minimum Gasteiger partial charge on any atom is -0.492 e. The number of halogens is 1. The van der Waals surface area contributed by atoms with Crippen LogP contribution in [0.4, 0.5) is 4.39 Å². The van der Waals surface area contributed by atoms with E-state index >= 15 is 0 Å². The van der Waals surface area contributed by atoms with Crippen LogP contribution in [0.2, 0.25) is 0 Å². The summed E-state index contributed by atoms with van der Waals surface area (Å²) < 4.78 is 26.2. The van der Waals surface area contributed by atoms with Gasteiger partial charge in [-0.1, -0.05) is 53.8 Å². The molecule has 8 nitrogen and oxygen atoms in total. The Morgan fingerprint density at radius 3 is 2.47 bits per heavy atom. The highest BCUT2D eigenvalue weighted by atomic mass is 32.1. The molecule has 38 heavy (non-hydrogen) atoms. The van der Waals surface area contributed by atoms with Crippen molar-refractivity contribution in [3.05, 3.63) is 102 Å². The Labute approximate surface area is 221 Å². The molecule has 0 saturated carbocycles. The lowest BCUT2D eigenvalue weighted by molar-refractivity contribution is 0.0760. The van der Waals surface area contributed by atoms with Gasteiger partial charge in [-0.3, -0.25) is 4.79 Å². The van der Waals surface area contributed by atoms with E-state index in [1.807, 2.05) is 30.3 Å². The van der Waals surface area contributed by atoms with E-state index in [1.54, 1.807) is 48.5 Å². The van der Waals surface area contributed by atoms with E-state index in [9.17, 15) is 9.18 Å². The van der Waals surface area contributed by atoms with Crippen molar-refractivity contribution in [1.82, 2.24) is 20.7 Å². The first-order valence-electron chi connectivity index (χ1n) is 11.6. The van der Waals surface area contributed by atoms with Gasteiger partial charge in [0.2, 0.25) is 5.89 Å². The Kier molecular flexibility index (Phi) is 7.51. The Hall–Kier alpha value is -4.83. The van der Waals surface area contributed by atoms with Crippen LogP contribution < -0.4 is 15.1 Å². The Morgan fingerprint density at radius 2 is 1.76 bits per heavy atom. The van der Waals surface area contributed by atoms with Crippen LogP contribution >= 0.6 is 11.3 Å². The number of amides is 1. The maximum atomic E-state index is 14.1. The quantitative estimate of drug-likeness (QED) is 0.128. The minimum absolute atomic E-state index is 0.190. The standard InChI is InChI=1S/C28H21FN4O4S/c1-2-3-16-35-24-20(27-32-31-26(36-27)19-12-8-5-9-13-19)14-15-21(23(24)28-30-17-22(29)38-28)37-33-25(34)18-10-6-4-7-11-18/h2,4-15,17H,1,3,16H2,(H,33,34). The summed E-state index contributed by atoms with van der Waals surface area (Å²) in [7, 11) is 0. The summed E-state index contributed by atoms with van der Waals surface area (Å²) in [4.78, 5) is 22.5. The van der Waals surface area contributed by atoms with E-state index in [0.29, 0.717) is 29.0 Å². The van der Waals surface area contributed by atoms with Crippen molar-refractivity contribution < 1.29 is 23.2 Å². The molecule has 0 spiro atoms. The molecule has 190 valence electrons. The van der Waals surface area contributed by atoms with Gasteiger partial charge in [-0.05, 0) is 42.8 Å².